The topological polar surface area (TPSA) is 0 Å². The zero-order valence-electron chi connectivity index (χ0n) is 9.10. The summed E-state index contributed by atoms with van der Waals surface area (Å²) in [7, 11) is 0. The second-order valence-corrected chi connectivity index (χ2v) is 5.45. The molecule has 1 heteroatoms. The van der Waals surface area contributed by atoms with Crippen LogP contribution in [0.1, 0.15) is 36.1 Å². The molecule has 0 bridgehead atoms. The largest absolute Gasteiger partial charge is 0.168 e. The Morgan fingerprint density at radius 3 is 1.69 bits per heavy atom. The summed E-state index contributed by atoms with van der Waals surface area (Å²) in [5.41, 5.74) is 5.38. The molecule has 0 aliphatic rings. The molecule has 0 atom stereocenters. The third-order valence-electron chi connectivity index (χ3n) is 2.29. The molecule has 0 aliphatic carbocycles. The first-order chi connectivity index (χ1) is 5.82. The van der Waals surface area contributed by atoms with Crippen LogP contribution in [0.25, 0.3) is 0 Å². The first kappa shape index (κ1) is 10.6. The van der Waals surface area contributed by atoms with Gasteiger partial charge >= 0.3 is 0 Å². The first-order valence-electron chi connectivity index (χ1n) is 4.63. The Balaban J connectivity index is 3.38. The molecule has 0 spiro atoms. The van der Waals surface area contributed by atoms with Crippen molar-refractivity contribution in [2.75, 3.05) is 0 Å². The normalized spacial score (nSPS) is 11.8. The van der Waals surface area contributed by atoms with Gasteiger partial charge in [0.25, 0.3) is 0 Å². The summed E-state index contributed by atoms with van der Waals surface area (Å²) < 4.78 is -0.0398. The molecule has 1 aromatic carbocycles. The van der Waals surface area contributed by atoms with Crippen LogP contribution in [0.3, 0.4) is 0 Å². The van der Waals surface area contributed by atoms with Crippen LogP contribution >= 0.6 is 12.6 Å². The summed E-state index contributed by atoms with van der Waals surface area (Å²) in [4.78, 5) is 0. The van der Waals surface area contributed by atoms with Crippen LogP contribution in [0.15, 0.2) is 12.1 Å². The number of benzene rings is 1. The second kappa shape index (κ2) is 3.38. The Morgan fingerprint density at radius 1 is 1.00 bits per heavy atom. The molecule has 0 unspecified atom stereocenters. The first-order valence-corrected chi connectivity index (χ1v) is 5.08. The van der Waals surface area contributed by atoms with Gasteiger partial charge in [-0.1, -0.05) is 17.7 Å². The van der Waals surface area contributed by atoms with Crippen LogP contribution < -0.4 is 0 Å². The molecular weight excluding hydrogens is 176 g/mol. The molecule has 1 aromatic rings. The molecule has 0 saturated carbocycles. The molecule has 1 rings (SSSR count). The molecule has 0 aliphatic heterocycles. The number of thiol groups is 1. The fourth-order valence-electron chi connectivity index (χ4n) is 2.15. The number of hydrogen-bond donors (Lipinski definition) is 1. The number of hydrogen-bond acceptors (Lipinski definition) is 1. The van der Waals surface area contributed by atoms with Crippen LogP contribution in [0, 0.1) is 20.8 Å². The van der Waals surface area contributed by atoms with E-state index in [2.05, 4.69) is 59.4 Å². The van der Waals surface area contributed by atoms with Gasteiger partial charge in [-0.3, -0.25) is 0 Å². The highest BCUT2D eigenvalue weighted by Crippen LogP contribution is 2.32. The highest BCUT2D eigenvalue weighted by atomic mass is 32.1. The summed E-state index contributed by atoms with van der Waals surface area (Å²) in [6.45, 7) is 10.7. The second-order valence-electron chi connectivity index (χ2n) is 4.33. The van der Waals surface area contributed by atoms with Gasteiger partial charge in [0.05, 0.1) is 0 Å². The van der Waals surface area contributed by atoms with Crippen molar-refractivity contribution in [1.29, 1.82) is 0 Å². The lowest BCUT2D eigenvalue weighted by molar-refractivity contribution is 0.774. The van der Waals surface area contributed by atoms with E-state index in [4.69, 9.17) is 0 Å². The van der Waals surface area contributed by atoms with Crippen molar-refractivity contribution in [3.05, 3.63) is 34.4 Å². The van der Waals surface area contributed by atoms with E-state index in [1.807, 2.05) is 0 Å². The Hall–Kier alpha value is -0.430. The molecule has 13 heavy (non-hydrogen) atoms. The summed E-state index contributed by atoms with van der Waals surface area (Å²) in [6, 6.07) is 4.45. The predicted octanol–water partition coefficient (Wildman–Crippen LogP) is 3.78. The van der Waals surface area contributed by atoms with Crippen molar-refractivity contribution in [3.63, 3.8) is 0 Å². The van der Waals surface area contributed by atoms with E-state index in [0.717, 1.165) is 0 Å². The number of aryl methyl sites for hydroxylation is 3. The lowest BCUT2D eigenvalue weighted by Gasteiger charge is -2.23. The predicted molar refractivity (Wildman–Crippen MR) is 62.7 cm³/mol. The minimum Gasteiger partial charge on any atom is -0.168 e. The van der Waals surface area contributed by atoms with E-state index in [1.54, 1.807) is 0 Å². The van der Waals surface area contributed by atoms with Gasteiger partial charge in [0.2, 0.25) is 0 Å². The van der Waals surface area contributed by atoms with Gasteiger partial charge in [0.15, 0.2) is 0 Å². The van der Waals surface area contributed by atoms with Crippen molar-refractivity contribution < 1.29 is 0 Å². The van der Waals surface area contributed by atoms with E-state index in [9.17, 15) is 0 Å². The van der Waals surface area contributed by atoms with Crippen LogP contribution in [0.4, 0.5) is 0 Å². The molecule has 0 heterocycles. The van der Waals surface area contributed by atoms with Gasteiger partial charge in [-0.05, 0) is 51.3 Å². The summed E-state index contributed by atoms with van der Waals surface area (Å²) in [5.74, 6) is 0. The molecule has 0 N–H and O–H groups in total. The summed E-state index contributed by atoms with van der Waals surface area (Å²) in [5, 5.41) is 0. The van der Waals surface area contributed by atoms with Gasteiger partial charge in [0, 0.05) is 4.75 Å². The van der Waals surface area contributed by atoms with Crippen LogP contribution in [-0.2, 0) is 4.75 Å². The lowest BCUT2D eigenvalue weighted by atomic mass is 9.91. The monoisotopic (exact) mass is 194 g/mol. The standard InChI is InChI=1S/C12H18S/c1-8-6-9(2)11(10(3)7-8)12(4,5)13/h6-7,13H,1-5H3. The molecule has 0 radical (unpaired) electrons. The van der Waals surface area contributed by atoms with E-state index in [0.29, 0.717) is 0 Å². The van der Waals surface area contributed by atoms with Gasteiger partial charge < -0.3 is 0 Å². The number of rotatable bonds is 1. The minimum absolute atomic E-state index is 0.0398. The van der Waals surface area contributed by atoms with Crippen molar-refractivity contribution in [1.82, 2.24) is 0 Å². The zero-order chi connectivity index (χ0) is 10.2. The van der Waals surface area contributed by atoms with Crippen LogP contribution in [-0.4, -0.2) is 0 Å². The van der Waals surface area contributed by atoms with Crippen molar-refractivity contribution in [2.24, 2.45) is 0 Å². The molecule has 0 aromatic heterocycles. The Bertz CT molecular complexity index is 295. The maximum absolute atomic E-state index is 4.62. The van der Waals surface area contributed by atoms with Gasteiger partial charge in [-0.15, -0.1) is 0 Å². The average molecular weight is 194 g/mol. The quantitative estimate of drug-likeness (QED) is 0.646. The van der Waals surface area contributed by atoms with E-state index >= 15 is 0 Å². The van der Waals surface area contributed by atoms with E-state index < -0.39 is 0 Å². The molecule has 0 nitrogen and oxygen atoms in total. The summed E-state index contributed by atoms with van der Waals surface area (Å²) in [6.07, 6.45) is 0. The van der Waals surface area contributed by atoms with Crippen LogP contribution in [0.5, 0.6) is 0 Å². The van der Waals surface area contributed by atoms with Crippen molar-refractivity contribution in [3.8, 4) is 0 Å². The smallest absolute Gasteiger partial charge is 0.0327 e. The molecule has 0 fully saturated rings. The average Bonchev–Trinajstić information content (AvgIpc) is 1.78. The van der Waals surface area contributed by atoms with E-state index in [-0.39, 0.29) is 4.75 Å². The fourth-order valence-corrected chi connectivity index (χ4v) is 2.50. The van der Waals surface area contributed by atoms with Gasteiger partial charge in [0.1, 0.15) is 0 Å². The van der Waals surface area contributed by atoms with E-state index in [1.165, 1.54) is 22.3 Å². The SMILES string of the molecule is Cc1cc(C)c(C(C)(C)S)c(C)c1. The third kappa shape index (κ3) is 2.28. The minimum atomic E-state index is -0.0398. The highest BCUT2D eigenvalue weighted by molar-refractivity contribution is 7.81. The van der Waals surface area contributed by atoms with Crippen LogP contribution in [0.2, 0.25) is 0 Å². The van der Waals surface area contributed by atoms with Crippen molar-refractivity contribution >= 4 is 12.6 Å². The zero-order valence-corrected chi connectivity index (χ0v) is 10.00. The molecule has 0 amide bonds. The highest BCUT2D eigenvalue weighted by Gasteiger charge is 2.19. The molecule has 72 valence electrons. The maximum Gasteiger partial charge on any atom is 0.0327 e. The maximum atomic E-state index is 4.62. The lowest BCUT2D eigenvalue weighted by Crippen LogP contribution is -2.12. The van der Waals surface area contributed by atoms with Gasteiger partial charge in [-0.2, -0.15) is 12.6 Å². The fraction of sp³-hybridized carbons (Fsp3) is 0.500. The molecule has 0 saturated heterocycles. The molecular formula is C12H18S. The van der Waals surface area contributed by atoms with Gasteiger partial charge in [-0.25, -0.2) is 0 Å². The Morgan fingerprint density at radius 2 is 1.38 bits per heavy atom. The Labute approximate surface area is 86.8 Å². The third-order valence-corrected chi connectivity index (χ3v) is 2.51. The summed E-state index contributed by atoms with van der Waals surface area (Å²) >= 11 is 4.62. The Kier molecular flexibility index (Phi) is 2.76. The van der Waals surface area contributed by atoms with Crippen molar-refractivity contribution in [2.45, 2.75) is 39.4 Å².